The lowest BCUT2D eigenvalue weighted by Gasteiger charge is -2.11. The topological polar surface area (TPSA) is 62.2 Å². The molecule has 0 aromatic carbocycles. The number of nitrogens with zero attached hydrogens (tertiary/aromatic N) is 1. The summed E-state index contributed by atoms with van der Waals surface area (Å²) in [6.45, 7) is 2.54. The van der Waals surface area contributed by atoms with Gasteiger partial charge in [-0.05, 0) is 31.2 Å². The van der Waals surface area contributed by atoms with Gasteiger partial charge in [0, 0.05) is 17.5 Å². The molecule has 2 heterocycles. The first-order valence-electron chi connectivity index (χ1n) is 5.74. The minimum absolute atomic E-state index is 0.0612. The molecular formula is C13H13ClN2O2S. The van der Waals surface area contributed by atoms with Crippen molar-refractivity contribution in [1.82, 2.24) is 10.3 Å². The van der Waals surface area contributed by atoms with Crippen LogP contribution in [0.2, 0.25) is 4.34 Å². The number of thiophene rings is 1. The number of hydrogen-bond donors (Lipinski definition) is 2. The molecule has 0 fully saturated rings. The van der Waals surface area contributed by atoms with E-state index in [-0.39, 0.29) is 11.7 Å². The molecule has 0 radical (unpaired) electrons. The number of aromatic carboxylic acids is 1. The number of carbonyl (C=O) groups is 1. The van der Waals surface area contributed by atoms with Gasteiger partial charge in [0.15, 0.2) is 0 Å². The van der Waals surface area contributed by atoms with Gasteiger partial charge in [0.05, 0.1) is 10.0 Å². The summed E-state index contributed by atoms with van der Waals surface area (Å²) < 4.78 is 0.759. The predicted molar refractivity (Wildman–Crippen MR) is 75.8 cm³/mol. The van der Waals surface area contributed by atoms with E-state index in [2.05, 4.69) is 10.3 Å². The molecule has 0 bridgehead atoms. The third-order valence-electron chi connectivity index (χ3n) is 2.64. The summed E-state index contributed by atoms with van der Waals surface area (Å²) in [5, 5.41) is 12.2. The van der Waals surface area contributed by atoms with Gasteiger partial charge in [-0.2, -0.15) is 0 Å². The first kappa shape index (κ1) is 14.0. The fourth-order valence-electron chi connectivity index (χ4n) is 1.62. The molecule has 0 aliphatic heterocycles. The summed E-state index contributed by atoms with van der Waals surface area (Å²) in [4.78, 5) is 16.0. The van der Waals surface area contributed by atoms with Crippen LogP contribution in [0.4, 0.5) is 0 Å². The van der Waals surface area contributed by atoms with Crippen LogP contribution >= 0.6 is 22.9 Å². The number of carboxylic acids is 1. The molecule has 0 saturated heterocycles. The van der Waals surface area contributed by atoms with Gasteiger partial charge >= 0.3 is 5.97 Å². The van der Waals surface area contributed by atoms with Gasteiger partial charge in [0.1, 0.15) is 5.69 Å². The third kappa shape index (κ3) is 3.76. The van der Waals surface area contributed by atoms with Crippen LogP contribution < -0.4 is 5.32 Å². The average molecular weight is 297 g/mol. The highest BCUT2D eigenvalue weighted by Gasteiger charge is 2.09. The Bertz CT molecular complexity index is 586. The maximum atomic E-state index is 10.8. The smallest absolute Gasteiger partial charge is 0.354 e. The highest BCUT2D eigenvalue weighted by molar-refractivity contribution is 7.16. The van der Waals surface area contributed by atoms with Crippen molar-refractivity contribution in [3.63, 3.8) is 0 Å². The zero-order valence-electron chi connectivity index (χ0n) is 10.3. The van der Waals surface area contributed by atoms with Crippen LogP contribution in [0.5, 0.6) is 0 Å². The lowest BCUT2D eigenvalue weighted by atomic mass is 10.2. The maximum absolute atomic E-state index is 10.8. The SMILES string of the molecule is CC(NCc1cccc(C(=O)O)n1)c1ccc(Cl)s1. The van der Waals surface area contributed by atoms with E-state index in [1.165, 1.54) is 17.4 Å². The number of halogens is 1. The Morgan fingerprint density at radius 3 is 2.89 bits per heavy atom. The zero-order chi connectivity index (χ0) is 13.8. The van der Waals surface area contributed by atoms with Crippen molar-refractivity contribution in [2.75, 3.05) is 0 Å². The van der Waals surface area contributed by atoms with E-state index < -0.39 is 5.97 Å². The van der Waals surface area contributed by atoms with Gasteiger partial charge in [-0.15, -0.1) is 11.3 Å². The van der Waals surface area contributed by atoms with Gasteiger partial charge in [-0.1, -0.05) is 17.7 Å². The van der Waals surface area contributed by atoms with Crippen LogP contribution in [0.15, 0.2) is 30.3 Å². The van der Waals surface area contributed by atoms with E-state index in [0.29, 0.717) is 12.2 Å². The number of hydrogen-bond acceptors (Lipinski definition) is 4. The van der Waals surface area contributed by atoms with Gasteiger partial charge < -0.3 is 10.4 Å². The predicted octanol–water partition coefficient (Wildman–Crippen LogP) is 3.35. The van der Waals surface area contributed by atoms with Gasteiger partial charge in [-0.3, -0.25) is 0 Å². The summed E-state index contributed by atoms with van der Waals surface area (Å²) in [5.41, 5.74) is 0.764. The molecule has 0 saturated carbocycles. The Morgan fingerprint density at radius 1 is 1.47 bits per heavy atom. The number of rotatable bonds is 5. The number of pyridine rings is 1. The number of nitrogens with one attached hydrogen (secondary N) is 1. The van der Waals surface area contributed by atoms with Gasteiger partial charge in [0.2, 0.25) is 0 Å². The minimum Gasteiger partial charge on any atom is -0.477 e. The molecular weight excluding hydrogens is 284 g/mol. The van der Waals surface area contributed by atoms with Crippen molar-refractivity contribution in [1.29, 1.82) is 0 Å². The molecule has 19 heavy (non-hydrogen) atoms. The molecule has 2 N–H and O–H groups in total. The van der Waals surface area contributed by atoms with Crippen LogP contribution in [-0.4, -0.2) is 16.1 Å². The van der Waals surface area contributed by atoms with Crippen LogP contribution in [0.3, 0.4) is 0 Å². The monoisotopic (exact) mass is 296 g/mol. The normalized spacial score (nSPS) is 12.3. The second kappa shape index (κ2) is 6.14. The van der Waals surface area contributed by atoms with E-state index >= 15 is 0 Å². The van der Waals surface area contributed by atoms with E-state index in [9.17, 15) is 4.79 Å². The van der Waals surface area contributed by atoms with Crippen molar-refractivity contribution in [3.05, 3.63) is 50.9 Å². The quantitative estimate of drug-likeness (QED) is 0.888. The van der Waals surface area contributed by atoms with Crippen molar-refractivity contribution >= 4 is 28.9 Å². The molecule has 4 nitrogen and oxygen atoms in total. The lowest BCUT2D eigenvalue weighted by molar-refractivity contribution is 0.0690. The number of carboxylic acid groups (broad SMARTS) is 1. The van der Waals surface area contributed by atoms with Gasteiger partial charge in [-0.25, -0.2) is 9.78 Å². The Hall–Kier alpha value is -1.43. The minimum atomic E-state index is -1.01. The Labute approximate surface area is 120 Å². The molecule has 0 amide bonds. The molecule has 2 aromatic rings. The first-order chi connectivity index (χ1) is 9.06. The molecule has 0 aliphatic carbocycles. The lowest BCUT2D eigenvalue weighted by Crippen LogP contribution is -2.18. The van der Waals surface area contributed by atoms with Crippen molar-refractivity contribution in [3.8, 4) is 0 Å². The molecule has 2 rings (SSSR count). The number of aromatic nitrogens is 1. The molecule has 6 heteroatoms. The molecule has 100 valence electrons. The summed E-state index contributed by atoms with van der Waals surface area (Å²) >= 11 is 7.42. The fourth-order valence-corrected chi connectivity index (χ4v) is 2.70. The highest BCUT2D eigenvalue weighted by Crippen LogP contribution is 2.26. The van der Waals surface area contributed by atoms with Crippen LogP contribution in [0.1, 0.15) is 34.0 Å². The Balaban J connectivity index is 1.98. The third-order valence-corrected chi connectivity index (χ3v) is 4.05. The van der Waals surface area contributed by atoms with Crippen LogP contribution in [0.25, 0.3) is 0 Å². The molecule has 1 unspecified atom stereocenters. The molecule has 0 spiro atoms. The zero-order valence-corrected chi connectivity index (χ0v) is 11.8. The van der Waals surface area contributed by atoms with E-state index in [4.69, 9.17) is 16.7 Å². The van der Waals surface area contributed by atoms with E-state index in [1.807, 2.05) is 19.1 Å². The second-order valence-corrected chi connectivity index (χ2v) is 5.81. The standard InChI is InChI=1S/C13H13ClN2O2S/c1-8(11-5-6-12(14)19-11)15-7-9-3-2-4-10(16-9)13(17)18/h2-6,8,15H,7H2,1H3,(H,17,18). The summed E-state index contributed by atoms with van der Waals surface area (Å²) in [6, 6.07) is 8.96. The van der Waals surface area contributed by atoms with Crippen molar-refractivity contribution < 1.29 is 9.90 Å². The van der Waals surface area contributed by atoms with Crippen molar-refractivity contribution in [2.45, 2.75) is 19.5 Å². The molecule has 0 aliphatic rings. The summed E-state index contributed by atoms with van der Waals surface area (Å²) in [7, 11) is 0. The molecule has 1 atom stereocenters. The van der Waals surface area contributed by atoms with E-state index in [0.717, 1.165) is 9.21 Å². The van der Waals surface area contributed by atoms with Crippen LogP contribution in [-0.2, 0) is 6.54 Å². The van der Waals surface area contributed by atoms with Crippen LogP contribution in [0, 0.1) is 0 Å². The van der Waals surface area contributed by atoms with Gasteiger partial charge in [0.25, 0.3) is 0 Å². The highest BCUT2D eigenvalue weighted by atomic mass is 35.5. The first-order valence-corrected chi connectivity index (χ1v) is 6.93. The fraction of sp³-hybridized carbons (Fsp3) is 0.231. The van der Waals surface area contributed by atoms with Crippen molar-refractivity contribution in [2.24, 2.45) is 0 Å². The second-order valence-electron chi connectivity index (χ2n) is 4.06. The average Bonchev–Trinajstić information content (AvgIpc) is 2.83. The Kier molecular flexibility index (Phi) is 4.52. The maximum Gasteiger partial charge on any atom is 0.354 e. The Morgan fingerprint density at radius 2 is 2.26 bits per heavy atom. The summed E-state index contributed by atoms with van der Waals surface area (Å²) in [5.74, 6) is -1.01. The van der Waals surface area contributed by atoms with E-state index in [1.54, 1.807) is 12.1 Å². The molecule has 2 aromatic heterocycles. The summed E-state index contributed by atoms with van der Waals surface area (Å²) in [6.07, 6.45) is 0. The largest absolute Gasteiger partial charge is 0.477 e.